The quantitative estimate of drug-likeness (QED) is 0.449. The molecule has 2 aromatic heterocycles. The standard InChI is InChI=1S/C22H16N4O3S2/c27-21(28)18-6-3-5-15(23-18)13-8-9-20-14(12-13)16(10-11-31(20)29)25-26-22-24-17-4-1-2-7-19(17)30-22/h1-9,12H,10-11H2,(H,24,26)(H,27,28)/b25-16-. The van der Waals surface area contributed by atoms with E-state index in [0.29, 0.717) is 27.9 Å². The number of aromatic carboxylic acids is 1. The van der Waals surface area contributed by atoms with Crippen LogP contribution in [0, 0.1) is 0 Å². The zero-order chi connectivity index (χ0) is 21.4. The van der Waals surface area contributed by atoms with Crippen LogP contribution in [0.15, 0.2) is 70.7 Å². The summed E-state index contributed by atoms with van der Waals surface area (Å²) in [4.78, 5) is 20.7. The average molecular weight is 449 g/mol. The summed E-state index contributed by atoms with van der Waals surface area (Å²) >= 11 is 1.52. The van der Waals surface area contributed by atoms with Crippen LogP contribution in [0.1, 0.15) is 22.5 Å². The first-order valence-corrected chi connectivity index (χ1v) is 11.6. The van der Waals surface area contributed by atoms with E-state index in [9.17, 15) is 14.1 Å². The maximum atomic E-state index is 12.5. The van der Waals surface area contributed by atoms with Crippen LogP contribution < -0.4 is 5.43 Å². The van der Waals surface area contributed by atoms with Crippen molar-refractivity contribution >= 4 is 49.2 Å². The Morgan fingerprint density at radius 1 is 1.10 bits per heavy atom. The summed E-state index contributed by atoms with van der Waals surface area (Å²) < 4.78 is 13.6. The van der Waals surface area contributed by atoms with Crippen LogP contribution in [0.25, 0.3) is 21.5 Å². The summed E-state index contributed by atoms with van der Waals surface area (Å²) in [5, 5.41) is 14.5. The second-order valence-corrected chi connectivity index (χ2v) is 9.45. The molecular formula is C22H16N4O3S2. The number of para-hydroxylation sites is 1. The Balaban J connectivity index is 1.51. The lowest BCUT2D eigenvalue weighted by Crippen LogP contribution is -2.19. The fourth-order valence-electron chi connectivity index (χ4n) is 3.41. The van der Waals surface area contributed by atoms with Gasteiger partial charge in [0.25, 0.3) is 0 Å². The van der Waals surface area contributed by atoms with Gasteiger partial charge >= 0.3 is 5.97 Å². The number of benzene rings is 2. The molecule has 2 aromatic carbocycles. The third-order valence-corrected chi connectivity index (χ3v) is 7.27. The molecular weight excluding hydrogens is 432 g/mol. The first-order valence-electron chi connectivity index (χ1n) is 9.50. The van der Waals surface area contributed by atoms with Crippen LogP contribution in [0.2, 0.25) is 0 Å². The smallest absolute Gasteiger partial charge is 0.354 e. The molecule has 2 N–H and O–H groups in total. The number of fused-ring (bicyclic) bond motifs is 2. The van der Waals surface area contributed by atoms with Crippen molar-refractivity contribution in [2.45, 2.75) is 11.3 Å². The van der Waals surface area contributed by atoms with Crippen LogP contribution in [0.3, 0.4) is 0 Å². The number of carboxylic acid groups (broad SMARTS) is 1. The van der Waals surface area contributed by atoms with Crippen molar-refractivity contribution in [2.75, 3.05) is 11.2 Å². The summed E-state index contributed by atoms with van der Waals surface area (Å²) in [5.74, 6) is -0.581. The first-order chi connectivity index (χ1) is 15.1. The molecule has 0 saturated heterocycles. The van der Waals surface area contributed by atoms with Gasteiger partial charge in [-0.1, -0.05) is 35.6 Å². The molecule has 9 heteroatoms. The van der Waals surface area contributed by atoms with E-state index in [0.717, 1.165) is 27.1 Å². The summed E-state index contributed by atoms with van der Waals surface area (Å²) in [6.07, 6.45) is 0.559. The van der Waals surface area contributed by atoms with Crippen LogP contribution in [-0.2, 0) is 10.8 Å². The van der Waals surface area contributed by atoms with Crippen molar-refractivity contribution in [1.29, 1.82) is 0 Å². The van der Waals surface area contributed by atoms with Gasteiger partial charge in [0.1, 0.15) is 5.69 Å². The van der Waals surface area contributed by atoms with E-state index >= 15 is 0 Å². The van der Waals surface area contributed by atoms with E-state index in [4.69, 9.17) is 0 Å². The molecule has 154 valence electrons. The lowest BCUT2D eigenvalue weighted by molar-refractivity contribution is 0.0690. The molecule has 1 aliphatic heterocycles. The Hall–Kier alpha value is -3.43. The highest BCUT2D eigenvalue weighted by atomic mass is 32.2. The molecule has 0 radical (unpaired) electrons. The molecule has 3 heterocycles. The van der Waals surface area contributed by atoms with Gasteiger partial charge in [-0.05, 0) is 36.4 Å². The summed E-state index contributed by atoms with van der Waals surface area (Å²) in [7, 11) is -1.11. The molecule has 7 nitrogen and oxygen atoms in total. The molecule has 0 bridgehead atoms. The van der Waals surface area contributed by atoms with E-state index in [1.807, 2.05) is 42.5 Å². The van der Waals surface area contributed by atoms with Gasteiger partial charge in [0.2, 0.25) is 5.13 Å². The van der Waals surface area contributed by atoms with Crippen molar-refractivity contribution in [2.24, 2.45) is 5.10 Å². The number of aromatic nitrogens is 2. The van der Waals surface area contributed by atoms with Gasteiger partial charge in [-0.25, -0.2) is 14.8 Å². The molecule has 4 aromatic rings. The monoisotopic (exact) mass is 448 g/mol. The molecule has 0 spiro atoms. The second kappa shape index (κ2) is 8.01. The number of nitrogens with zero attached hydrogens (tertiary/aromatic N) is 3. The Bertz CT molecular complexity index is 1350. The number of rotatable bonds is 4. The van der Waals surface area contributed by atoms with Gasteiger partial charge in [-0.2, -0.15) is 5.10 Å². The lowest BCUT2D eigenvalue weighted by Gasteiger charge is -2.18. The zero-order valence-corrected chi connectivity index (χ0v) is 17.7. The molecule has 0 aliphatic carbocycles. The highest BCUT2D eigenvalue weighted by Crippen LogP contribution is 2.29. The zero-order valence-electron chi connectivity index (χ0n) is 16.1. The van der Waals surface area contributed by atoms with Gasteiger partial charge in [0, 0.05) is 28.2 Å². The van der Waals surface area contributed by atoms with Crippen molar-refractivity contribution in [3.63, 3.8) is 0 Å². The van der Waals surface area contributed by atoms with Gasteiger partial charge in [0.05, 0.1) is 32.4 Å². The normalized spacial score (nSPS) is 16.9. The number of carbonyl (C=O) groups is 1. The second-order valence-electron chi connectivity index (χ2n) is 6.88. The largest absolute Gasteiger partial charge is 0.477 e. The van der Waals surface area contributed by atoms with E-state index in [1.54, 1.807) is 12.1 Å². The van der Waals surface area contributed by atoms with Crippen LogP contribution in [-0.4, -0.2) is 36.7 Å². The predicted molar refractivity (Wildman–Crippen MR) is 122 cm³/mol. The number of nitrogens with one attached hydrogen (secondary N) is 1. The van der Waals surface area contributed by atoms with Gasteiger partial charge in [-0.3, -0.25) is 9.63 Å². The number of hydrogen-bond acceptors (Lipinski definition) is 7. The minimum Gasteiger partial charge on any atom is -0.477 e. The molecule has 1 atom stereocenters. The number of hydrazone groups is 1. The van der Waals surface area contributed by atoms with Crippen LogP contribution >= 0.6 is 11.3 Å². The van der Waals surface area contributed by atoms with Gasteiger partial charge in [-0.15, -0.1) is 0 Å². The number of hydrogen-bond donors (Lipinski definition) is 2. The van der Waals surface area contributed by atoms with Gasteiger partial charge < -0.3 is 5.11 Å². The van der Waals surface area contributed by atoms with E-state index in [-0.39, 0.29) is 5.69 Å². The molecule has 1 aliphatic rings. The number of anilines is 1. The summed E-state index contributed by atoms with van der Waals surface area (Å²) in [5.41, 5.74) is 6.77. The molecule has 0 saturated carbocycles. The summed E-state index contributed by atoms with van der Waals surface area (Å²) in [6, 6.07) is 18.2. The molecule has 0 amide bonds. The minimum atomic E-state index is -1.11. The van der Waals surface area contributed by atoms with Crippen molar-refractivity contribution in [3.8, 4) is 11.3 Å². The first kappa shape index (κ1) is 19.5. The third kappa shape index (κ3) is 3.85. The van der Waals surface area contributed by atoms with Crippen molar-refractivity contribution < 1.29 is 14.1 Å². The van der Waals surface area contributed by atoms with Crippen molar-refractivity contribution in [3.05, 3.63) is 71.9 Å². The third-order valence-electron chi connectivity index (χ3n) is 4.90. The van der Waals surface area contributed by atoms with Gasteiger partial charge in [0.15, 0.2) is 0 Å². The maximum absolute atomic E-state index is 12.5. The predicted octanol–water partition coefficient (Wildman–Crippen LogP) is 4.38. The highest BCUT2D eigenvalue weighted by molar-refractivity contribution is 7.85. The summed E-state index contributed by atoms with van der Waals surface area (Å²) in [6.45, 7) is 0. The Kier molecular flexibility index (Phi) is 5.05. The van der Waals surface area contributed by atoms with E-state index < -0.39 is 16.8 Å². The maximum Gasteiger partial charge on any atom is 0.354 e. The molecule has 0 fully saturated rings. The number of carboxylic acids is 1. The van der Waals surface area contributed by atoms with E-state index in [1.165, 1.54) is 17.4 Å². The minimum absolute atomic E-state index is 0.0230. The SMILES string of the molecule is O=C(O)c1cccc(-c2ccc3c(c2)/C(=N\Nc2nc4ccccc4s2)CCS3=O)n1. The fourth-order valence-corrected chi connectivity index (χ4v) is 5.46. The average Bonchev–Trinajstić information content (AvgIpc) is 3.21. The molecule has 1 unspecified atom stereocenters. The Morgan fingerprint density at radius 2 is 1.97 bits per heavy atom. The molecule has 31 heavy (non-hydrogen) atoms. The highest BCUT2D eigenvalue weighted by Gasteiger charge is 2.22. The van der Waals surface area contributed by atoms with Crippen LogP contribution in [0.4, 0.5) is 5.13 Å². The van der Waals surface area contributed by atoms with Crippen LogP contribution in [0.5, 0.6) is 0 Å². The Morgan fingerprint density at radius 3 is 2.81 bits per heavy atom. The lowest BCUT2D eigenvalue weighted by atomic mass is 10.0. The van der Waals surface area contributed by atoms with Crippen molar-refractivity contribution in [1.82, 2.24) is 9.97 Å². The topological polar surface area (TPSA) is 105 Å². The number of thiazole rings is 1. The Labute approximate surface area is 184 Å². The van der Waals surface area contributed by atoms with E-state index in [2.05, 4.69) is 20.5 Å². The number of pyridine rings is 1. The fraction of sp³-hybridized carbons (Fsp3) is 0.0909. The molecule has 5 rings (SSSR count).